The lowest BCUT2D eigenvalue weighted by atomic mass is 10.0. The van der Waals surface area contributed by atoms with E-state index in [1.807, 2.05) is 19.1 Å². The number of nitrogens with zero attached hydrogens (tertiary/aromatic N) is 1. The van der Waals surface area contributed by atoms with Crippen LogP contribution in [0.25, 0.3) is 0 Å². The molecule has 0 saturated carbocycles. The maximum absolute atomic E-state index is 10.6. The summed E-state index contributed by atoms with van der Waals surface area (Å²) in [6.07, 6.45) is 0. The molecule has 5 heteroatoms. The van der Waals surface area contributed by atoms with Crippen LogP contribution in [0.5, 0.6) is 0 Å². The first-order chi connectivity index (χ1) is 9.97. The van der Waals surface area contributed by atoms with Gasteiger partial charge < -0.3 is 5.73 Å². The van der Waals surface area contributed by atoms with Gasteiger partial charge in [-0.15, -0.1) is 11.8 Å². The van der Waals surface area contributed by atoms with Crippen LogP contribution in [0.3, 0.4) is 0 Å². The highest BCUT2D eigenvalue weighted by Gasteiger charge is 2.16. The molecule has 0 bridgehead atoms. The molecule has 0 saturated heterocycles. The van der Waals surface area contributed by atoms with Crippen molar-refractivity contribution in [2.45, 2.75) is 30.0 Å². The number of hydrogen-bond donors (Lipinski definition) is 1. The van der Waals surface area contributed by atoms with Crippen molar-refractivity contribution in [3.8, 4) is 0 Å². The standard InChI is InChI=1S/C16H18N2O2S/c1-11-3-5-13(6-4-11)16(17)12(2)21-15-9-7-14(8-10-15)18(19)20/h3-10,12,16H,17H2,1-2H3. The number of non-ortho nitro benzene ring substituents is 1. The minimum absolute atomic E-state index is 0.0780. The zero-order valence-corrected chi connectivity index (χ0v) is 12.8. The van der Waals surface area contributed by atoms with Crippen LogP contribution in [0.1, 0.15) is 24.1 Å². The van der Waals surface area contributed by atoms with Crippen LogP contribution in [0.2, 0.25) is 0 Å². The average Bonchev–Trinajstić information content (AvgIpc) is 2.47. The van der Waals surface area contributed by atoms with Crippen molar-refractivity contribution >= 4 is 17.4 Å². The molecule has 4 nitrogen and oxygen atoms in total. The molecular weight excluding hydrogens is 284 g/mol. The predicted octanol–water partition coefficient (Wildman–Crippen LogP) is 4.08. The number of nitro groups is 1. The average molecular weight is 302 g/mol. The first-order valence-electron chi connectivity index (χ1n) is 6.70. The molecule has 2 N–H and O–H groups in total. The third-order valence-electron chi connectivity index (χ3n) is 3.34. The fourth-order valence-electron chi connectivity index (χ4n) is 1.99. The van der Waals surface area contributed by atoms with Crippen molar-refractivity contribution in [3.05, 3.63) is 69.8 Å². The summed E-state index contributed by atoms with van der Waals surface area (Å²) in [5.41, 5.74) is 8.70. The Labute approximate surface area is 128 Å². The molecule has 0 aliphatic rings. The molecule has 0 heterocycles. The molecule has 2 aromatic carbocycles. The van der Waals surface area contributed by atoms with E-state index in [4.69, 9.17) is 5.73 Å². The number of nitro benzene ring substituents is 1. The van der Waals surface area contributed by atoms with Crippen molar-refractivity contribution in [2.24, 2.45) is 5.73 Å². The number of benzene rings is 2. The Morgan fingerprint density at radius 3 is 2.19 bits per heavy atom. The van der Waals surface area contributed by atoms with Crippen LogP contribution in [0.4, 0.5) is 5.69 Å². The SMILES string of the molecule is Cc1ccc(C(N)C(C)Sc2ccc([N+](=O)[O-])cc2)cc1. The van der Waals surface area contributed by atoms with E-state index >= 15 is 0 Å². The van der Waals surface area contributed by atoms with Gasteiger partial charge in [0.2, 0.25) is 0 Å². The van der Waals surface area contributed by atoms with Crippen LogP contribution in [0.15, 0.2) is 53.4 Å². The number of rotatable bonds is 5. The zero-order chi connectivity index (χ0) is 15.4. The Morgan fingerprint density at radius 2 is 1.67 bits per heavy atom. The molecule has 110 valence electrons. The summed E-state index contributed by atoms with van der Waals surface area (Å²) in [6.45, 7) is 4.11. The van der Waals surface area contributed by atoms with Gasteiger partial charge in [-0.25, -0.2) is 0 Å². The summed E-state index contributed by atoms with van der Waals surface area (Å²) < 4.78 is 0. The number of nitrogens with two attached hydrogens (primary N) is 1. The van der Waals surface area contributed by atoms with Gasteiger partial charge in [0.15, 0.2) is 0 Å². The van der Waals surface area contributed by atoms with E-state index < -0.39 is 4.92 Å². The largest absolute Gasteiger partial charge is 0.323 e. The van der Waals surface area contributed by atoms with Crippen LogP contribution in [0, 0.1) is 17.0 Å². The van der Waals surface area contributed by atoms with Crippen molar-refractivity contribution in [1.29, 1.82) is 0 Å². The monoisotopic (exact) mass is 302 g/mol. The quantitative estimate of drug-likeness (QED) is 0.513. The predicted molar refractivity (Wildman–Crippen MR) is 86.5 cm³/mol. The molecule has 0 amide bonds. The fourth-order valence-corrected chi connectivity index (χ4v) is 3.02. The van der Waals surface area contributed by atoms with E-state index in [0.29, 0.717) is 0 Å². The molecule has 21 heavy (non-hydrogen) atoms. The Kier molecular flexibility index (Phi) is 4.98. The van der Waals surface area contributed by atoms with Crippen LogP contribution >= 0.6 is 11.8 Å². The summed E-state index contributed by atoms with van der Waals surface area (Å²) in [5.74, 6) is 0. The molecule has 2 rings (SSSR count). The smallest absolute Gasteiger partial charge is 0.269 e. The highest BCUT2D eigenvalue weighted by Crippen LogP contribution is 2.31. The highest BCUT2D eigenvalue weighted by atomic mass is 32.2. The minimum atomic E-state index is -0.393. The molecule has 0 fully saturated rings. The lowest BCUT2D eigenvalue weighted by Gasteiger charge is -2.20. The number of aryl methyl sites for hydroxylation is 1. The van der Waals surface area contributed by atoms with E-state index in [9.17, 15) is 10.1 Å². The first kappa shape index (κ1) is 15.5. The lowest BCUT2D eigenvalue weighted by molar-refractivity contribution is -0.384. The van der Waals surface area contributed by atoms with E-state index in [1.54, 1.807) is 23.9 Å². The van der Waals surface area contributed by atoms with Crippen LogP contribution < -0.4 is 5.73 Å². The second-order valence-electron chi connectivity index (χ2n) is 5.01. The normalized spacial score (nSPS) is 13.7. The lowest BCUT2D eigenvalue weighted by Crippen LogP contribution is -2.20. The van der Waals surface area contributed by atoms with E-state index in [-0.39, 0.29) is 17.0 Å². The van der Waals surface area contributed by atoms with Gasteiger partial charge in [0, 0.05) is 28.3 Å². The first-order valence-corrected chi connectivity index (χ1v) is 7.58. The minimum Gasteiger partial charge on any atom is -0.323 e. The van der Waals surface area contributed by atoms with Gasteiger partial charge >= 0.3 is 0 Å². The van der Waals surface area contributed by atoms with Gasteiger partial charge in [0.05, 0.1) is 4.92 Å². The van der Waals surface area contributed by atoms with Crippen molar-refractivity contribution in [1.82, 2.24) is 0 Å². The molecule has 0 radical (unpaired) electrons. The third-order valence-corrected chi connectivity index (χ3v) is 4.55. The van der Waals surface area contributed by atoms with E-state index in [0.717, 1.165) is 10.5 Å². The molecule has 2 aromatic rings. The molecular formula is C16H18N2O2S. The van der Waals surface area contributed by atoms with Gasteiger partial charge in [0.1, 0.15) is 0 Å². The van der Waals surface area contributed by atoms with Gasteiger partial charge in [-0.2, -0.15) is 0 Å². The van der Waals surface area contributed by atoms with Crippen molar-refractivity contribution < 1.29 is 4.92 Å². The third kappa shape index (κ3) is 4.06. The fraction of sp³-hybridized carbons (Fsp3) is 0.250. The van der Waals surface area contributed by atoms with Gasteiger partial charge in [-0.05, 0) is 24.6 Å². The van der Waals surface area contributed by atoms with E-state index in [2.05, 4.69) is 19.1 Å². The van der Waals surface area contributed by atoms with Gasteiger partial charge in [0.25, 0.3) is 5.69 Å². The Hall–Kier alpha value is -1.85. The maximum Gasteiger partial charge on any atom is 0.269 e. The molecule has 0 aliphatic carbocycles. The van der Waals surface area contributed by atoms with Crippen LogP contribution in [-0.2, 0) is 0 Å². The Morgan fingerprint density at radius 1 is 1.10 bits per heavy atom. The van der Waals surface area contributed by atoms with Crippen molar-refractivity contribution in [3.63, 3.8) is 0 Å². The second kappa shape index (κ2) is 6.74. The highest BCUT2D eigenvalue weighted by molar-refractivity contribution is 8.00. The van der Waals surface area contributed by atoms with E-state index in [1.165, 1.54) is 17.7 Å². The van der Waals surface area contributed by atoms with Crippen molar-refractivity contribution in [2.75, 3.05) is 0 Å². The Balaban J connectivity index is 2.04. The molecule has 2 unspecified atom stereocenters. The Bertz CT molecular complexity index is 611. The maximum atomic E-state index is 10.6. The van der Waals surface area contributed by atoms with Gasteiger partial charge in [-0.1, -0.05) is 36.8 Å². The zero-order valence-electron chi connectivity index (χ0n) is 12.0. The molecule has 2 atom stereocenters. The summed E-state index contributed by atoms with van der Waals surface area (Å²) in [4.78, 5) is 11.2. The summed E-state index contributed by atoms with van der Waals surface area (Å²) >= 11 is 1.62. The second-order valence-corrected chi connectivity index (χ2v) is 6.46. The number of hydrogen-bond acceptors (Lipinski definition) is 4. The molecule has 0 aromatic heterocycles. The summed E-state index contributed by atoms with van der Waals surface area (Å²) in [7, 11) is 0. The van der Waals surface area contributed by atoms with Crippen LogP contribution in [-0.4, -0.2) is 10.2 Å². The summed E-state index contributed by atoms with van der Waals surface area (Å²) in [5, 5.41) is 10.8. The topological polar surface area (TPSA) is 69.2 Å². The molecule has 0 spiro atoms. The number of thioether (sulfide) groups is 1. The summed E-state index contributed by atoms with van der Waals surface area (Å²) in [6, 6.07) is 14.7. The molecule has 0 aliphatic heterocycles. The van der Waals surface area contributed by atoms with Gasteiger partial charge in [-0.3, -0.25) is 10.1 Å².